The monoisotopic (exact) mass is 222 g/mol. The average Bonchev–Trinajstić information content (AvgIpc) is 3.04. The zero-order valence-corrected chi connectivity index (χ0v) is 9.55. The summed E-state index contributed by atoms with van der Waals surface area (Å²) < 4.78 is 0. The number of aromatic nitrogens is 2. The molecule has 0 spiro atoms. The first-order valence-corrected chi connectivity index (χ1v) is 5.74. The Morgan fingerprint density at radius 1 is 1.56 bits per heavy atom. The second kappa shape index (κ2) is 5.12. The molecule has 0 bridgehead atoms. The summed E-state index contributed by atoms with van der Waals surface area (Å²) in [4.78, 5) is 18.5. The largest absolute Gasteiger partial charge is 0.355 e. The van der Waals surface area contributed by atoms with Gasteiger partial charge in [-0.1, -0.05) is 0 Å². The molecule has 0 atom stereocenters. The molecular weight excluding hydrogens is 204 g/mol. The maximum atomic E-state index is 11.3. The van der Waals surface area contributed by atoms with E-state index in [-0.39, 0.29) is 5.91 Å². The van der Waals surface area contributed by atoms with Crippen molar-refractivity contribution in [3.63, 3.8) is 0 Å². The van der Waals surface area contributed by atoms with Gasteiger partial charge in [0.15, 0.2) is 0 Å². The minimum atomic E-state index is 0.206. The highest BCUT2D eigenvalue weighted by atomic mass is 16.2. The number of nitrogens with one attached hydrogen (secondary N) is 3. The molecule has 1 fully saturated rings. The summed E-state index contributed by atoms with van der Waals surface area (Å²) in [5.41, 5.74) is 2.13. The average molecular weight is 222 g/mol. The highest BCUT2D eigenvalue weighted by Crippen LogP contribution is 2.28. The molecule has 3 N–H and O–H groups in total. The molecule has 0 unspecified atom stereocenters. The van der Waals surface area contributed by atoms with Gasteiger partial charge in [-0.25, -0.2) is 4.98 Å². The summed E-state index contributed by atoms with van der Waals surface area (Å²) in [5, 5.41) is 6.16. The van der Waals surface area contributed by atoms with E-state index in [0.29, 0.717) is 12.5 Å². The molecule has 1 aromatic heterocycles. The van der Waals surface area contributed by atoms with E-state index >= 15 is 0 Å². The zero-order valence-electron chi connectivity index (χ0n) is 9.55. The van der Waals surface area contributed by atoms with E-state index in [9.17, 15) is 4.79 Å². The van der Waals surface area contributed by atoms with Crippen molar-refractivity contribution in [1.82, 2.24) is 20.6 Å². The van der Waals surface area contributed by atoms with Crippen molar-refractivity contribution >= 4 is 5.91 Å². The van der Waals surface area contributed by atoms with Crippen LogP contribution < -0.4 is 10.6 Å². The fraction of sp³-hybridized carbons (Fsp3) is 0.636. The van der Waals surface area contributed by atoms with Gasteiger partial charge >= 0.3 is 0 Å². The van der Waals surface area contributed by atoms with Gasteiger partial charge in [-0.15, -0.1) is 0 Å². The van der Waals surface area contributed by atoms with Crippen molar-refractivity contribution in [2.45, 2.75) is 26.3 Å². The van der Waals surface area contributed by atoms with E-state index in [1.807, 2.05) is 6.92 Å². The Labute approximate surface area is 95.0 Å². The quantitative estimate of drug-likeness (QED) is 0.608. The Morgan fingerprint density at radius 3 is 3.00 bits per heavy atom. The van der Waals surface area contributed by atoms with Crippen LogP contribution in [-0.4, -0.2) is 29.0 Å². The molecule has 1 amide bonds. The van der Waals surface area contributed by atoms with Gasteiger partial charge in [0.1, 0.15) is 0 Å². The third kappa shape index (κ3) is 3.06. The van der Waals surface area contributed by atoms with E-state index < -0.39 is 0 Å². The van der Waals surface area contributed by atoms with Crippen LogP contribution >= 0.6 is 0 Å². The topological polar surface area (TPSA) is 69.8 Å². The van der Waals surface area contributed by atoms with Gasteiger partial charge in [0.25, 0.3) is 0 Å². The van der Waals surface area contributed by atoms with Crippen LogP contribution in [0.4, 0.5) is 0 Å². The first-order chi connectivity index (χ1) is 7.77. The van der Waals surface area contributed by atoms with E-state index in [4.69, 9.17) is 0 Å². The predicted molar refractivity (Wildman–Crippen MR) is 60.8 cm³/mol. The lowest BCUT2D eigenvalue weighted by atomic mass is 10.3. The van der Waals surface area contributed by atoms with Crippen LogP contribution in [0.1, 0.15) is 24.2 Å². The Balaban J connectivity index is 1.55. The zero-order chi connectivity index (χ0) is 11.4. The van der Waals surface area contributed by atoms with Gasteiger partial charge < -0.3 is 15.6 Å². The van der Waals surface area contributed by atoms with Crippen LogP contribution in [0, 0.1) is 12.8 Å². The number of imidazole rings is 1. The van der Waals surface area contributed by atoms with E-state index in [1.54, 1.807) is 6.33 Å². The number of nitrogens with zero attached hydrogens (tertiary/aromatic N) is 1. The Hall–Kier alpha value is -1.36. The second-order valence-electron chi connectivity index (χ2n) is 4.22. The molecule has 16 heavy (non-hydrogen) atoms. The number of aryl methyl sites for hydroxylation is 1. The lowest BCUT2D eigenvalue weighted by Gasteiger charge is -2.05. The molecule has 2 rings (SSSR count). The molecule has 0 radical (unpaired) electrons. The smallest absolute Gasteiger partial charge is 0.223 e. The SMILES string of the molecule is Cc1[nH]cnc1CNCCNC(=O)C1CC1. The minimum Gasteiger partial charge on any atom is -0.355 e. The number of hydrogen-bond acceptors (Lipinski definition) is 3. The van der Waals surface area contributed by atoms with Crippen molar-refractivity contribution in [2.24, 2.45) is 5.92 Å². The summed E-state index contributed by atoms with van der Waals surface area (Å²) in [7, 11) is 0. The predicted octanol–water partition coefficient (Wildman–Crippen LogP) is 0.334. The number of aromatic amines is 1. The standard InChI is InChI=1S/C11H18N4O/c1-8-10(15-7-14-8)6-12-4-5-13-11(16)9-2-3-9/h7,9,12H,2-6H2,1H3,(H,13,16)(H,14,15). The molecule has 0 aliphatic heterocycles. The fourth-order valence-corrected chi connectivity index (χ4v) is 1.54. The van der Waals surface area contributed by atoms with Crippen LogP contribution in [0.3, 0.4) is 0 Å². The van der Waals surface area contributed by atoms with Gasteiger partial charge in [-0.05, 0) is 19.8 Å². The highest BCUT2D eigenvalue weighted by Gasteiger charge is 2.28. The van der Waals surface area contributed by atoms with Crippen molar-refractivity contribution in [3.05, 3.63) is 17.7 Å². The summed E-state index contributed by atoms with van der Waals surface area (Å²) in [6, 6.07) is 0. The fourth-order valence-electron chi connectivity index (χ4n) is 1.54. The first kappa shape index (κ1) is 11.1. The maximum Gasteiger partial charge on any atom is 0.223 e. The van der Waals surface area contributed by atoms with Crippen LogP contribution in [0.5, 0.6) is 0 Å². The van der Waals surface area contributed by atoms with Crippen LogP contribution in [0.2, 0.25) is 0 Å². The number of H-pyrrole nitrogens is 1. The van der Waals surface area contributed by atoms with E-state index in [2.05, 4.69) is 20.6 Å². The molecule has 0 saturated heterocycles. The number of carbonyl (C=O) groups excluding carboxylic acids is 1. The first-order valence-electron chi connectivity index (χ1n) is 5.74. The molecule has 5 nitrogen and oxygen atoms in total. The molecule has 0 aromatic carbocycles. The Morgan fingerprint density at radius 2 is 2.38 bits per heavy atom. The molecule has 1 heterocycles. The normalized spacial score (nSPS) is 15.1. The molecule has 5 heteroatoms. The van der Waals surface area contributed by atoms with Crippen molar-refractivity contribution < 1.29 is 4.79 Å². The lowest BCUT2D eigenvalue weighted by Crippen LogP contribution is -2.32. The van der Waals surface area contributed by atoms with Crippen LogP contribution in [0.15, 0.2) is 6.33 Å². The summed E-state index contributed by atoms with van der Waals surface area (Å²) in [5.74, 6) is 0.506. The van der Waals surface area contributed by atoms with E-state index in [0.717, 1.165) is 37.3 Å². The second-order valence-corrected chi connectivity index (χ2v) is 4.22. The summed E-state index contributed by atoms with van der Waals surface area (Å²) in [6.45, 7) is 4.22. The minimum absolute atomic E-state index is 0.206. The van der Waals surface area contributed by atoms with Crippen LogP contribution in [-0.2, 0) is 11.3 Å². The van der Waals surface area contributed by atoms with Crippen LogP contribution in [0.25, 0.3) is 0 Å². The van der Waals surface area contributed by atoms with Crippen molar-refractivity contribution in [1.29, 1.82) is 0 Å². The number of hydrogen-bond donors (Lipinski definition) is 3. The molecule has 1 aliphatic carbocycles. The molecule has 1 aliphatic rings. The Kier molecular flexibility index (Phi) is 3.56. The maximum absolute atomic E-state index is 11.3. The third-order valence-corrected chi connectivity index (χ3v) is 2.78. The molecular formula is C11H18N4O. The number of rotatable bonds is 6. The molecule has 1 aromatic rings. The van der Waals surface area contributed by atoms with Gasteiger partial charge in [0.2, 0.25) is 5.91 Å². The molecule has 88 valence electrons. The van der Waals surface area contributed by atoms with Gasteiger partial charge in [-0.2, -0.15) is 0 Å². The number of carbonyl (C=O) groups is 1. The van der Waals surface area contributed by atoms with Crippen molar-refractivity contribution in [3.8, 4) is 0 Å². The van der Waals surface area contributed by atoms with Gasteiger partial charge in [-0.3, -0.25) is 4.79 Å². The molecule has 1 saturated carbocycles. The Bertz CT molecular complexity index is 357. The van der Waals surface area contributed by atoms with E-state index in [1.165, 1.54) is 0 Å². The van der Waals surface area contributed by atoms with Crippen molar-refractivity contribution in [2.75, 3.05) is 13.1 Å². The number of amides is 1. The highest BCUT2D eigenvalue weighted by molar-refractivity contribution is 5.80. The van der Waals surface area contributed by atoms with Gasteiger partial charge in [0, 0.05) is 31.2 Å². The third-order valence-electron chi connectivity index (χ3n) is 2.78. The lowest BCUT2D eigenvalue weighted by molar-refractivity contribution is -0.122. The summed E-state index contributed by atoms with van der Waals surface area (Å²) in [6.07, 6.45) is 3.82. The van der Waals surface area contributed by atoms with Gasteiger partial charge in [0.05, 0.1) is 12.0 Å². The summed E-state index contributed by atoms with van der Waals surface area (Å²) >= 11 is 0.